The van der Waals surface area contributed by atoms with Crippen molar-refractivity contribution in [3.05, 3.63) is 53.4 Å². The zero-order chi connectivity index (χ0) is 28.0. The summed E-state index contributed by atoms with van der Waals surface area (Å²) in [6, 6.07) is 4.24. The topological polar surface area (TPSA) is 124 Å². The normalized spacial score (nSPS) is 29.3. The first-order valence-corrected chi connectivity index (χ1v) is 11.9. The highest BCUT2D eigenvalue weighted by atomic mass is 19.4. The van der Waals surface area contributed by atoms with Gasteiger partial charge in [0.15, 0.2) is 17.2 Å². The number of anilines is 1. The number of hydrogen-bond donors (Lipinski definition) is 3. The molecule has 1 aromatic heterocycles. The van der Waals surface area contributed by atoms with Crippen LogP contribution in [0.5, 0.6) is 5.75 Å². The van der Waals surface area contributed by atoms with Crippen molar-refractivity contribution < 1.29 is 46.1 Å². The number of nitrogens with two attached hydrogens (primary N) is 1. The van der Waals surface area contributed by atoms with Gasteiger partial charge in [-0.1, -0.05) is 13.0 Å². The number of carbonyl (C=O) groups is 2. The summed E-state index contributed by atoms with van der Waals surface area (Å²) in [4.78, 5) is 28.5. The first kappa shape index (κ1) is 27.7. The summed E-state index contributed by atoms with van der Waals surface area (Å²) in [6.07, 6.45) is -6.19. The summed E-state index contributed by atoms with van der Waals surface area (Å²) in [6.45, 7) is 1.98. The van der Waals surface area contributed by atoms with E-state index >= 15 is 4.39 Å². The summed E-state index contributed by atoms with van der Waals surface area (Å²) >= 11 is 0. The molecule has 206 valence electrons. The molecule has 2 aliphatic rings. The number of aromatic nitrogens is 1. The third kappa shape index (κ3) is 5.04. The van der Waals surface area contributed by atoms with Crippen LogP contribution in [0, 0.1) is 17.6 Å². The van der Waals surface area contributed by atoms with Crippen LogP contribution < -0.4 is 15.8 Å². The first-order valence-electron chi connectivity index (χ1n) is 11.9. The van der Waals surface area contributed by atoms with Crippen LogP contribution in [0.15, 0.2) is 30.5 Å². The molecule has 13 heteroatoms. The van der Waals surface area contributed by atoms with Gasteiger partial charge in [-0.25, -0.2) is 4.39 Å². The molecule has 2 fully saturated rings. The maximum atomic E-state index is 15.0. The lowest BCUT2D eigenvalue weighted by atomic mass is 9.77. The molecule has 1 aliphatic heterocycles. The Morgan fingerprint density at radius 3 is 2.55 bits per heavy atom. The fraction of sp³-hybridized carbons (Fsp3) is 0.480. The molecule has 0 bridgehead atoms. The van der Waals surface area contributed by atoms with Gasteiger partial charge in [0.2, 0.25) is 5.82 Å². The number of alkyl halides is 3. The van der Waals surface area contributed by atoms with Crippen molar-refractivity contribution in [3.8, 4) is 5.75 Å². The summed E-state index contributed by atoms with van der Waals surface area (Å²) in [5, 5.41) is 12.2. The van der Waals surface area contributed by atoms with Crippen LogP contribution in [-0.2, 0) is 9.53 Å². The number of primary amides is 1. The van der Waals surface area contributed by atoms with Crippen LogP contribution in [0.4, 0.5) is 27.6 Å². The van der Waals surface area contributed by atoms with E-state index in [2.05, 4.69) is 10.3 Å². The van der Waals surface area contributed by atoms with Gasteiger partial charge in [-0.05, 0) is 38.0 Å². The number of benzene rings is 1. The van der Waals surface area contributed by atoms with Gasteiger partial charge in [0.05, 0.1) is 6.10 Å². The number of carbonyl (C=O) groups excluding carboxylic acids is 2. The number of pyridine rings is 1. The van der Waals surface area contributed by atoms with Gasteiger partial charge in [-0.3, -0.25) is 14.6 Å². The Balaban J connectivity index is 1.76. The van der Waals surface area contributed by atoms with Gasteiger partial charge in [0.25, 0.3) is 11.8 Å². The lowest BCUT2D eigenvalue weighted by molar-refractivity contribution is -0.272. The van der Waals surface area contributed by atoms with Crippen molar-refractivity contribution in [1.82, 2.24) is 4.98 Å². The molecule has 0 unspecified atom stereocenters. The standard InChI is InChI=1S/C25H26F5N3O5/c1-11-18(15-5-6-16(26)19(27)20(15)37-14-4-3-13(34)10-14)21(38-24(11,2)25(28,29)30)23(36)33-12-7-8-32-17(9-12)22(31)35/h5-9,11,13-14,18,21,34H,3-4,10H2,1-2H3,(H2,31,35)(H,32,33,36)/t11-,13-,14+,18-,21+,24+/m0/s1. The Morgan fingerprint density at radius 2 is 1.95 bits per heavy atom. The van der Waals surface area contributed by atoms with Gasteiger partial charge in [0.1, 0.15) is 17.9 Å². The Hall–Kier alpha value is -3.32. The number of halogens is 5. The van der Waals surface area contributed by atoms with E-state index < -0.39 is 71.1 Å². The van der Waals surface area contributed by atoms with Crippen LogP contribution >= 0.6 is 0 Å². The van der Waals surface area contributed by atoms with E-state index in [0.717, 1.165) is 25.1 Å². The second-order valence-corrected chi connectivity index (χ2v) is 9.73. The van der Waals surface area contributed by atoms with E-state index in [1.165, 1.54) is 19.2 Å². The van der Waals surface area contributed by atoms with Crippen molar-refractivity contribution in [2.45, 2.75) is 69.1 Å². The molecule has 1 saturated carbocycles. The number of nitrogens with one attached hydrogen (secondary N) is 1. The van der Waals surface area contributed by atoms with Gasteiger partial charge in [0, 0.05) is 35.7 Å². The molecule has 38 heavy (non-hydrogen) atoms. The van der Waals surface area contributed by atoms with Crippen molar-refractivity contribution in [2.75, 3.05) is 5.32 Å². The molecule has 2 aromatic rings. The van der Waals surface area contributed by atoms with Crippen molar-refractivity contribution in [1.29, 1.82) is 0 Å². The second kappa shape index (κ2) is 10.1. The molecule has 6 atom stereocenters. The Bertz CT molecular complexity index is 1240. The van der Waals surface area contributed by atoms with Gasteiger partial charge in [-0.15, -0.1) is 0 Å². The van der Waals surface area contributed by atoms with Crippen LogP contribution in [-0.4, -0.2) is 52.0 Å². The predicted octanol–water partition coefficient (Wildman–Crippen LogP) is 3.83. The van der Waals surface area contributed by atoms with Gasteiger partial charge < -0.3 is 25.6 Å². The monoisotopic (exact) mass is 543 g/mol. The fourth-order valence-electron chi connectivity index (χ4n) is 5.00. The zero-order valence-electron chi connectivity index (χ0n) is 20.4. The number of rotatable bonds is 6. The minimum absolute atomic E-state index is 0.0103. The van der Waals surface area contributed by atoms with Crippen molar-refractivity contribution in [2.24, 2.45) is 11.7 Å². The molecule has 2 heterocycles. The maximum Gasteiger partial charge on any atom is 0.417 e. The highest BCUT2D eigenvalue weighted by Crippen LogP contribution is 2.55. The number of hydrogen-bond acceptors (Lipinski definition) is 6. The lowest BCUT2D eigenvalue weighted by Gasteiger charge is -2.32. The van der Waals surface area contributed by atoms with Crippen molar-refractivity contribution >= 4 is 17.5 Å². The number of aliphatic hydroxyl groups is 1. The van der Waals surface area contributed by atoms with E-state index in [-0.39, 0.29) is 23.4 Å². The minimum Gasteiger partial charge on any atom is -0.487 e. The molecular formula is C25H26F5N3O5. The highest BCUT2D eigenvalue weighted by Gasteiger charge is 2.66. The summed E-state index contributed by atoms with van der Waals surface area (Å²) < 4.78 is 82.9. The first-order chi connectivity index (χ1) is 17.7. The van der Waals surface area contributed by atoms with Crippen LogP contribution in [0.2, 0.25) is 0 Å². The summed E-state index contributed by atoms with van der Waals surface area (Å²) in [5.74, 6) is -8.12. The molecule has 1 aliphatic carbocycles. The Morgan fingerprint density at radius 1 is 1.24 bits per heavy atom. The van der Waals surface area contributed by atoms with E-state index in [9.17, 15) is 32.3 Å². The van der Waals surface area contributed by atoms with Gasteiger partial charge in [-0.2, -0.15) is 17.6 Å². The molecule has 4 rings (SSSR count). The average molecular weight is 543 g/mol. The highest BCUT2D eigenvalue weighted by molar-refractivity contribution is 5.97. The molecule has 1 aromatic carbocycles. The fourth-order valence-corrected chi connectivity index (χ4v) is 5.00. The molecule has 0 spiro atoms. The van der Waals surface area contributed by atoms with Crippen LogP contribution in [0.3, 0.4) is 0 Å². The lowest BCUT2D eigenvalue weighted by Crippen LogP contribution is -2.47. The predicted molar refractivity (Wildman–Crippen MR) is 123 cm³/mol. The molecule has 2 amide bonds. The average Bonchev–Trinajstić information content (AvgIpc) is 3.38. The third-order valence-electron chi connectivity index (χ3n) is 7.29. The largest absolute Gasteiger partial charge is 0.487 e. The van der Waals surface area contributed by atoms with Crippen molar-refractivity contribution in [3.63, 3.8) is 0 Å². The van der Waals surface area contributed by atoms with E-state index in [1.54, 1.807) is 0 Å². The molecular weight excluding hydrogens is 517 g/mol. The SMILES string of the molecule is C[C@H]1[C@@H](c2ccc(F)c(F)c2O[C@@H]2CC[C@H](O)C2)[C@H](C(=O)Nc2ccnc(C(N)=O)c2)O[C@@]1(C)C(F)(F)F. The summed E-state index contributed by atoms with van der Waals surface area (Å²) in [5.41, 5.74) is 1.99. The van der Waals surface area contributed by atoms with E-state index in [4.69, 9.17) is 15.2 Å². The number of amides is 2. The van der Waals surface area contributed by atoms with E-state index in [1.807, 2.05) is 0 Å². The molecule has 8 nitrogen and oxygen atoms in total. The van der Waals surface area contributed by atoms with Crippen LogP contribution in [0.25, 0.3) is 0 Å². The third-order valence-corrected chi connectivity index (χ3v) is 7.29. The second-order valence-electron chi connectivity index (χ2n) is 9.73. The molecule has 0 radical (unpaired) electrons. The smallest absolute Gasteiger partial charge is 0.417 e. The Labute approximate surface area is 214 Å². The van der Waals surface area contributed by atoms with Gasteiger partial charge >= 0.3 is 6.18 Å². The van der Waals surface area contributed by atoms with Crippen LogP contribution in [0.1, 0.15) is 55.1 Å². The number of nitrogens with zero attached hydrogens (tertiary/aromatic N) is 1. The number of aliphatic hydroxyl groups excluding tert-OH is 1. The van der Waals surface area contributed by atoms with E-state index in [0.29, 0.717) is 12.8 Å². The Kier molecular flexibility index (Phi) is 7.36. The number of ether oxygens (including phenoxy) is 2. The minimum atomic E-state index is -4.93. The molecule has 4 N–H and O–H groups in total. The zero-order valence-corrected chi connectivity index (χ0v) is 20.4. The molecule has 1 saturated heterocycles. The summed E-state index contributed by atoms with van der Waals surface area (Å²) in [7, 11) is 0. The quantitative estimate of drug-likeness (QED) is 0.476. The maximum absolute atomic E-state index is 15.0.